The summed E-state index contributed by atoms with van der Waals surface area (Å²) in [7, 11) is 1.25. The van der Waals surface area contributed by atoms with Crippen molar-refractivity contribution in [3.8, 4) is 0 Å². The molecule has 1 aromatic carbocycles. The van der Waals surface area contributed by atoms with E-state index in [1.807, 2.05) is 0 Å². The van der Waals surface area contributed by atoms with Crippen LogP contribution in [0.5, 0.6) is 0 Å². The minimum Gasteiger partial charge on any atom is -0.466 e. The van der Waals surface area contributed by atoms with Crippen LogP contribution in [0.2, 0.25) is 0 Å². The smallest absolute Gasteiger partial charge is 0.454 e. The van der Waals surface area contributed by atoms with Crippen LogP contribution in [0.1, 0.15) is 48.5 Å². The molecule has 2 heterocycles. The van der Waals surface area contributed by atoms with Gasteiger partial charge in [0.2, 0.25) is 0 Å². The Hall–Kier alpha value is -2.94. The van der Waals surface area contributed by atoms with Crippen LogP contribution >= 0.6 is 11.3 Å². The Bertz CT molecular complexity index is 1220. The van der Waals surface area contributed by atoms with E-state index in [0.717, 1.165) is 30.2 Å². The SMILES string of the molecule is COC(=O)C1=C(C2CC2)NC(C)=C(C(C)=O)C1c1csc2c(C(=O)C(F)(F)F)cccc12. The summed E-state index contributed by atoms with van der Waals surface area (Å²) >= 11 is 0.990. The molecule has 0 bridgehead atoms. The van der Waals surface area contributed by atoms with Crippen LogP contribution in [0.3, 0.4) is 0 Å². The van der Waals surface area contributed by atoms with Gasteiger partial charge in [0.1, 0.15) is 0 Å². The molecule has 1 aromatic heterocycles. The molecule has 2 aliphatic rings. The number of Topliss-reactive ketones (excluding diaryl/α,β-unsaturated/α-hetero) is 2. The van der Waals surface area contributed by atoms with Crippen molar-refractivity contribution < 1.29 is 32.3 Å². The zero-order chi connectivity index (χ0) is 23.4. The molecule has 0 saturated heterocycles. The number of allylic oxidation sites excluding steroid dienone is 3. The van der Waals surface area contributed by atoms with Crippen LogP contribution in [0.15, 0.2) is 46.1 Å². The molecule has 1 N–H and O–H groups in total. The van der Waals surface area contributed by atoms with Crippen LogP contribution in [-0.2, 0) is 14.3 Å². The molecular formula is C23H20F3NO4S. The molecule has 0 amide bonds. The standard InChI is InChI=1S/C23H20F3NO4S/c1-10-16(11(2)28)17(18(22(30)31-3)19(27-10)12-7-8-12)15-9-32-20-13(15)5-4-6-14(20)21(29)23(24,25)26/h4-6,9,12,17,27H,7-8H2,1-3H3. The number of ether oxygens (including phenoxy) is 1. The highest BCUT2D eigenvalue weighted by atomic mass is 32.1. The number of thiophene rings is 1. The number of ketones is 2. The van der Waals surface area contributed by atoms with Crippen molar-refractivity contribution in [2.75, 3.05) is 7.11 Å². The second-order valence-electron chi connectivity index (χ2n) is 7.95. The number of nitrogens with one attached hydrogen (secondary N) is 1. The normalized spacial score (nSPS) is 19.2. The van der Waals surface area contributed by atoms with E-state index in [1.54, 1.807) is 18.4 Å². The molecule has 4 rings (SSSR count). The van der Waals surface area contributed by atoms with Gasteiger partial charge in [0, 0.05) is 33.1 Å². The zero-order valence-electron chi connectivity index (χ0n) is 17.6. The molecule has 1 fully saturated rings. The van der Waals surface area contributed by atoms with Crippen molar-refractivity contribution in [3.05, 3.63) is 57.2 Å². The fourth-order valence-corrected chi connectivity index (χ4v) is 5.40. The van der Waals surface area contributed by atoms with Crippen LogP contribution in [-0.4, -0.2) is 30.8 Å². The number of carbonyl (C=O) groups is 3. The Morgan fingerprint density at radius 2 is 1.84 bits per heavy atom. The predicted molar refractivity (Wildman–Crippen MR) is 113 cm³/mol. The molecule has 2 aromatic rings. The predicted octanol–water partition coefficient (Wildman–Crippen LogP) is 5.03. The molecule has 1 unspecified atom stereocenters. The van der Waals surface area contributed by atoms with Crippen LogP contribution < -0.4 is 5.32 Å². The number of halogens is 3. The summed E-state index contributed by atoms with van der Waals surface area (Å²) in [5.74, 6) is -3.47. The van der Waals surface area contributed by atoms with E-state index in [1.165, 1.54) is 20.1 Å². The van der Waals surface area contributed by atoms with Crippen molar-refractivity contribution >= 4 is 39.0 Å². The summed E-state index contributed by atoms with van der Waals surface area (Å²) < 4.78 is 44.6. The lowest BCUT2D eigenvalue weighted by Gasteiger charge is -2.31. The third-order valence-electron chi connectivity index (χ3n) is 5.81. The van der Waals surface area contributed by atoms with Crippen molar-refractivity contribution in [1.29, 1.82) is 0 Å². The first-order valence-electron chi connectivity index (χ1n) is 9.99. The van der Waals surface area contributed by atoms with E-state index in [-0.39, 0.29) is 22.0 Å². The number of rotatable bonds is 5. The number of hydrogen-bond acceptors (Lipinski definition) is 6. The van der Waals surface area contributed by atoms with Gasteiger partial charge in [-0.25, -0.2) is 4.79 Å². The van der Waals surface area contributed by atoms with Gasteiger partial charge in [0.25, 0.3) is 5.78 Å². The summed E-state index contributed by atoms with van der Waals surface area (Å²) in [5.41, 5.74) is 1.98. The number of hydrogen-bond donors (Lipinski definition) is 1. The average molecular weight is 463 g/mol. The van der Waals surface area contributed by atoms with Gasteiger partial charge in [-0.05, 0) is 55.0 Å². The van der Waals surface area contributed by atoms with Gasteiger partial charge in [0.15, 0.2) is 5.78 Å². The molecule has 1 saturated carbocycles. The van der Waals surface area contributed by atoms with Crippen LogP contribution in [0.25, 0.3) is 10.1 Å². The van der Waals surface area contributed by atoms with E-state index in [0.29, 0.717) is 27.9 Å². The van der Waals surface area contributed by atoms with Gasteiger partial charge in [0.05, 0.1) is 12.7 Å². The number of carbonyl (C=O) groups excluding carboxylic acids is 3. The van der Waals surface area contributed by atoms with E-state index in [4.69, 9.17) is 4.74 Å². The number of benzene rings is 1. The highest BCUT2D eigenvalue weighted by molar-refractivity contribution is 7.17. The number of alkyl halides is 3. The van der Waals surface area contributed by atoms with Gasteiger partial charge in [-0.1, -0.05) is 12.1 Å². The number of esters is 1. The first-order valence-corrected chi connectivity index (χ1v) is 10.9. The molecule has 168 valence electrons. The summed E-state index contributed by atoms with van der Waals surface area (Å²) in [5, 5.41) is 5.23. The monoisotopic (exact) mass is 463 g/mol. The highest BCUT2D eigenvalue weighted by Gasteiger charge is 2.43. The maximum Gasteiger partial charge on any atom is 0.454 e. The van der Waals surface area contributed by atoms with E-state index < -0.39 is 29.4 Å². The largest absolute Gasteiger partial charge is 0.466 e. The van der Waals surface area contributed by atoms with E-state index in [9.17, 15) is 27.6 Å². The van der Waals surface area contributed by atoms with Gasteiger partial charge in [-0.15, -0.1) is 11.3 Å². The molecule has 0 radical (unpaired) electrons. The maximum absolute atomic E-state index is 13.1. The molecule has 1 aliphatic carbocycles. The van der Waals surface area contributed by atoms with Crippen molar-refractivity contribution in [2.24, 2.45) is 5.92 Å². The van der Waals surface area contributed by atoms with Crippen molar-refractivity contribution in [3.63, 3.8) is 0 Å². The highest BCUT2D eigenvalue weighted by Crippen LogP contribution is 2.48. The first kappa shape index (κ1) is 22.3. The number of fused-ring (bicyclic) bond motifs is 1. The third-order valence-corrected chi connectivity index (χ3v) is 6.85. The number of methoxy groups -OCH3 is 1. The Morgan fingerprint density at radius 1 is 1.16 bits per heavy atom. The van der Waals surface area contributed by atoms with Gasteiger partial charge < -0.3 is 10.1 Å². The maximum atomic E-state index is 13.1. The molecule has 0 spiro atoms. The van der Waals surface area contributed by atoms with Crippen molar-refractivity contribution in [1.82, 2.24) is 5.32 Å². The fourth-order valence-electron chi connectivity index (χ4n) is 4.30. The summed E-state index contributed by atoms with van der Waals surface area (Å²) in [4.78, 5) is 37.5. The molecule has 32 heavy (non-hydrogen) atoms. The molecular weight excluding hydrogens is 443 g/mol. The molecule has 9 heteroatoms. The summed E-state index contributed by atoms with van der Waals surface area (Å²) in [6.45, 7) is 3.13. The summed E-state index contributed by atoms with van der Waals surface area (Å²) in [6, 6.07) is 4.13. The van der Waals surface area contributed by atoms with Gasteiger partial charge in [-0.2, -0.15) is 13.2 Å². The minimum absolute atomic E-state index is 0.127. The van der Waals surface area contributed by atoms with Gasteiger partial charge in [-0.3, -0.25) is 9.59 Å². The lowest BCUT2D eigenvalue weighted by molar-refractivity contribution is -0.136. The van der Waals surface area contributed by atoms with Gasteiger partial charge >= 0.3 is 12.1 Å². The second kappa shape index (κ2) is 7.88. The number of dihydropyridines is 1. The average Bonchev–Trinajstić information content (AvgIpc) is 3.49. The Morgan fingerprint density at radius 3 is 2.41 bits per heavy atom. The quantitative estimate of drug-likeness (QED) is 0.497. The Kier molecular flexibility index (Phi) is 5.48. The molecule has 5 nitrogen and oxygen atoms in total. The lowest BCUT2D eigenvalue weighted by Crippen LogP contribution is -2.32. The topological polar surface area (TPSA) is 72.5 Å². The van der Waals surface area contributed by atoms with Crippen LogP contribution in [0.4, 0.5) is 13.2 Å². The minimum atomic E-state index is -5.01. The molecule has 1 atom stereocenters. The Balaban J connectivity index is 1.98. The third kappa shape index (κ3) is 3.64. The molecule has 1 aliphatic heterocycles. The van der Waals surface area contributed by atoms with E-state index in [2.05, 4.69) is 5.32 Å². The van der Waals surface area contributed by atoms with Crippen molar-refractivity contribution in [2.45, 2.75) is 38.8 Å². The second-order valence-corrected chi connectivity index (χ2v) is 8.83. The fraction of sp³-hybridized carbons (Fsp3) is 0.348. The Labute approximate surface area is 185 Å². The first-order chi connectivity index (χ1) is 15.1. The van der Waals surface area contributed by atoms with Crippen LogP contribution in [0, 0.1) is 5.92 Å². The zero-order valence-corrected chi connectivity index (χ0v) is 18.4. The van der Waals surface area contributed by atoms with E-state index >= 15 is 0 Å². The lowest BCUT2D eigenvalue weighted by atomic mass is 9.78. The summed E-state index contributed by atoms with van der Waals surface area (Å²) in [6.07, 6.45) is -3.25.